The van der Waals surface area contributed by atoms with Crippen molar-refractivity contribution in [1.82, 2.24) is 15.1 Å². The van der Waals surface area contributed by atoms with Gasteiger partial charge in [-0.25, -0.2) is 0 Å². The molecule has 1 aliphatic heterocycles. The van der Waals surface area contributed by atoms with E-state index in [1.54, 1.807) is 0 Å². The van der Waals surface area contributed by atoms with Gasteiger partial charge in [-0.05, 0) is 26.2 Å². The lowest BCUT2D eigenvalue weighted by Gasteiger charge is -2.39. The second-order valence-corrected chi connectivity index (χ2v) is 5.79. The third-order valence-corrected chi connectivity index (χ3v) is 4.31. The molecule has 20 heavy (non-hydrogen) atoms. The summed E-state index contributed by atoms with van der Waals surface area (Å²) in [5, 5.41) is 12.2. The first-order valence-corrected chi connectivity index (χ1v) is 7.54. The molecule has 0 aromatic heterocycles. The van der Waals surface area contributed by atoms with Gasteiger partial charge in [-0.2, -0.15) is 0 Å². The molecule has 6 nitrogen and oxygen atoms in total. The highest BCUT2D eigenvalue weighted by atomic mass is 16.4. The zero-order valence-corrected chi connectivity index (χ0v) is 12.3. The number of carbonyl (C=O) groups excluding carboxylic acids is 1. The lowest BCUT2D eigenvalue weighted by molar-refractivity contribution is -0.144. The maximum Gasteiger partial charge on any atom is 0.320 e. The largest absolute Gasteiger partial charge is 0.480 e. The number of aliphatic carboxylic acids is 1. The first kappa shape index (κ1) is 15.3. The first-order valence-electron chi connectivity index (χ1n) is 7.54. The van der Waals surface area contributed by atoms with E-state index in [4.69, 9.17) is 0 Å². The van der Waals surface area contributed by atoms with E-state index in [-0.39, 0.29) is 11.9 Å². The smallest absolute Gasteiger partial charge is 0.320 e. The minimum atomic E-state index is -0.750. The molecule has 1 heterocycles. The standard InChI is InChI=1S/C14H25N3O3/c1-3-12(14(19)20)17-8-6-16(7-9-17)10(2)13(18)15-11-4-5-11/h10-12H,3-9H2,1-2H3,(H,15,18)(H,19,20). The van der Waals surface area contributed by atoms with Crippen molar-refractivity contribution in [3.8, 4) is 0 Å². The maximum atomic E-state index is 12.0. The summed E-state index contributed by atoms with van der Waals surface area (Å²) in [5.74, 6) is -0.647. The van der Waals surface area contributed by atoms with Crippen molar-refractivity contribution >= 4 is 11.9 Å². The molecule has 2 fully saturated rings. The molecule has 1 saturated heterocycles. The zero-order valence-electron chi connectivity index (χ0n) is 12.3. The molecule has 1 saturated carbocycles. The van der Waals surface area contributed by atoms with Gasteiger partial charge >= 0.3 is 5.97 Å². The molecule has 2 atom stereocenters. The Morgan fingerprint density at radius 2 is 1.75 bits per heavy atom. The van der Waals surface area contributed by atoms with Crippen LogP contribution < -0.4 is 5.32 Å². The summed E-state index contributed by atoms with van der Waals surface area (Å²) in [7, 11) is 0. The summed E-state index contributed by atoms with van der Waals surface area (Å²) >= 11 is 0. The van der Waals surface area contributed by atoms with Crippen molar-refractivity contribution in [3.05, 3.63) is 0 Å². The van der Waals surface area contributed by atoms with E-state index in [0.717, 1.165) is 25.9 Å². The Morgan fingerprint density at radius 1 is 1.20 bits per heavy atom. The number of hydrogen-bond donors (Lipinski definition) is 2. The molecule has 0 spiro atoms. The van der Waals surface area contributed by atoms with E-state index < -0.39 is 12.0 Å². The van der Waals surface area contributed by atoms with E-state index >= 15 is 0 Å². The summed E-state index contributed by atoms with van der Waals surface area (Å²) in [6.07, 6.45) is 2.82. The van der Waals surface area contributed by atoms with Gasteiger partial charge in [0.2, 0.25) is 5.91 Å². The van der Waals surface area contributed by atoms with Crippen LogP contribution in [0.4, 0.5) is 0 Å². The maximum absolute atomic E-state index is 12.0. The summed E-state index contributed by atoms with van der Waals surface area (Å²) in [6, 6.07) is -0.127. The molecule has 0 radical (unpaired) electrons. The first-order chi connectivity index (χ1) is 9.52. The van der Waals surface area contributed by atoms with Crippen LogP contribution in [-0.2, 0) is 9.59 Å². The lowest BCUT2D eigenvalue weighted by atomic mass is 10.1. The summed E-state index contributed by atoms with van der Waals surface area (Å²) in [6.45, 7) is 6.77. The number of hydrogen-bond acceptors (Lipinski definition) is 4. The number of nitrogens with one attached hydrogen (secondary N) is 1. The van der Waals surface area contributed by atoms with Gasteiger partial charge in [-0.1, -0.05) is 6.92 Å². The molecule has 6 heteroatoms. The Morgan fingerprint density at radius 3 is 2.20 bits per heavy atom. The van der Waals surface area contributed by atoms with Gasteiger partial charge in [0.25, 0.3) is 0 Å². The Bertz CT molecular complexity index is 363. The number of carbonyl (C=O) groups is 2. The minimum absolute atomic E-state index is 0.103. The van der Waals surface area contributed by atoms with E-state index in [0.29, 0.717) is 25.6 Å². The van der Waals surface area contributed by atoms with Crippen molar-refractivity contribution < 1.29 is 14.7 Å². The summed E-state index contributed by atoms with van der Waals surface area (Å²) in [4.78, 5) is 27.3. The van der Waals surface area contributed by atoms with Crippen LogP contribution in [0.15, 0.2) is 0 Å². The average molecular weight is 283 g/mol. The van der Waals surface area contributed by atoms with Gasteiger partial charge in [0.15, 0.2) is 0 Å². The molecular weight excluding hydrogens is 258 g/mol. The van der Waals surface area contributed by atoms with Gasteiger partial charge in [0.1, 0.15) is 6.04 Å². The average Bonchev–Trinajstić information content (AvgIpc) is 3.23. The van der Waals surface area contributed by atoms with Gasteiger partial charge in [0.05, 0.1) is 6.04 Å². The molecule has 2 aliphatic rings. The van der Waals surface area contributed by atoms with Gasteiger partial charge in [-0.15, -0.1) is 0 Å². The van der Waals surface area contributed by atoms with Crippen LogP contribution >= 0.6 is 0 Å². The Hall–Kier alpha value is -1.14. The quantitative estimate of drug-likeness (QED) is 0.725. The molecule has 1 aliphatic carbocycles. The Kier molecular flexibility index (Phi) is 4.99. The predicted octanol–water partition coefficient (Wildman–Crippen LogP) is 0.134. The third kappa shape index (κ3) is 3.70. The van der Waals surface area contributed by atoms with Crippen LogP contribution in [0.25, 0.3) is 0 Å². The van der Waals surface area contributed by atoms with Crippen LogP contribution in [0.2, 0.25) is 0 Å². The van der Waals surface area contributed by atoms with Crippen LogP contribution in [0.3, 0.4) is 0 Å². The van der Waals surface area contributed by atoms with Crippen LogP contribution in [0.1, 0.15) is 33.1 Å². The molecule has 2 N–H and O–H groups in total. The fraction of sp³-hybridized carbons (Fsp3) is 0.857. The van der Waals surface area contributed by atoms with Crippen molar-refractivity contribution in [2.24, 2.45) is 0 Å². The number of carboxylic acids is 1. The van der Waals surface area contributed by atoms with E-state index in [1.165, 1.54) is 0 Å². The lowest BCUT2D eigenvalue weighted by Crippen LogP contribution is -2.57. The number of amides is 1. The highest BCUT2D eigenvalue weighted by Crippen LogP contribution is 2.19. The second kappa shape index (κ2) is 6.54. The third-order valence-electron chi connectivity index (χ3n) is 4.31. The SMILES string of the molecule is CCC(C(=O)O)N1CCN(C(C)C(=O)NC2CC2)CC1. The molecule has 0 aromatic carbocycles. The van der Waals surface area contributed by atoms with Crippen molar-refractivity contribution in [2.45, 2.75) is 51.2 Å². The minimum Gasteiger partial charge on any atom is -0.480 e. The van der Waals surface area contributed by atoms with Crippen molar-refractivity contribution in [1.29, 1.82) is 0 Å². The molecule has 2 rings (SSSR count). The highest BCUT2D eigenvalue weighted by molar-refractivity contribution is 5.81. The van der Waals surface area contributed by atoms with E-state index in [1.807, 2.05) is 18.7 Å². The predicted molar refractivity (Wildman–Crippen MR) is 75.5 cm³/mol. The Balaban J connectivity index is 1.80. The topological polar surface area (TPSA) is 72.9 Å². The molecule has 1 amide bonds. The van der Waals surface area contributed by atoms with Crippen molar-refractivity contribution in [2.75, 3.05) is 26.2 Å². The van der Waals surface area contributed by atoms with Gasteiger partial charge in [0, 0.05) is 32.2 Å². The van der Waals surface area contributed by atoms with Crippen LogP contribution in [0.5, 0.6) is 0 Å². The fourth-order valence-electron chi connectivity index (χ4n) is 2.74. The van der Waals surface area contributed by atoms with E-state index in [9.17, 15) is 14.7 Å². The number of carboxylic acid groups (broad SMARTS) is 1. The van der Waals surface area contributed by atoms with Gasteiger partial charge in [-0.3, -0.25) is 19.4 Å². The van der Waals surface area contributed by atoms with Crippen LogP contribution in [0, 0.1) is 0 Å². The highest BCUT2D eigenvalue weighted by Gasteiger charge is 2.32. The normalized spacial score (nSPS) is 24.1. The summed E-state index contributed by atoms with van der Waals surface area (Å²) < 4.78 is 0. The fourth-order valence-corrected chi connectivity index (χ4v) is 2.74. The monoisotopic (exact) mass is 283 g/mol. The number of rotatable bonds is 6. The van der Waals surface area contributed by atoms with Gasteiger partial charge < -0.3 is 10.4 Å². The van der Waals surface area contributed by atoms with E-state index in [2.05, 4.69) is 10.2 Å². The second-order valence-electron chi connectivity index (χ2n) is 5.79. The molecule has 114 valence electrons. The molecule has 0 bridgehead atoms. The summed E-state index contributed by atoms with van der Waals surface area (Å²) in [5.41, 5.74) is 0. The van der Waals surface area contributed by atoms with Crippen LogP contribution in [-0.4, -0.2) is 71.1 Å². The molecular formula is C14H25N3O3. The zero-order chi connectivity index (χ0) is 14.7. The van der Waals surface area contributed by atoms with Crippen molar-refractivity contribution in [3.63, 3.8) is 0 Å². The molecule has 0 aromatic rings. The molecule has 2 unspecified atom stereocenters. The number of piperazine rings is 1. The Labute approximate surface area is 120 Å². The number of nitrogens with zero attached hydrogens (tertiary/aromatic N) is 2.